The molecule has 0 atom stereocenters. The SMILES string of the molecule is COc1ccc(NC(=O)c2cc(OC)c(OC)c(OC)c2)c(NC(=O)CC(C)=O)c1. The second-order valence-corrected chi connectivity index (χ2v) is 6.21. The Morgan fingerprint density at radius 2 is 1.43 bits per heavy atom. The van der Waals surface area contributed by atoms with Crippen LogP contribution in [0, 0.1) is 0 Å². The largest absolute Gasteiger partial charge is 0.497 e. The molecule has 0 fully saturated rings. The van der Waals surface area contributed by atoms with Crippen molar-refractivity contribution < 1.29 is 33.3 Å². The molecule has 160 valence electrons. The quantitative estimate of drug-likeness (QED) is 0.605. The minimum Gasteiger partial charge on any atom is -0.497 e. The van der Waals surface area contributed by atoms with Crippen molar-refractivity contribution in [3.63, 3.8) is 0 Å². The van der Waals surface area contributed by atoms with Crippen LogP contribution >= 0.6 is 0 Å². The molecule has 0 aromatic heterocycles. The van der Waals surface area contributed by atoms with E-state index in [0.717, 1.165) is 0 Å². The van der Waals surface area contributed by atoms with Crippen molar-refractivity contribution >= 4 is 29.0 Å². The lowest BCUT2D eigenvalue weighted by atomic mass is 10.1. The molecule has 0 aliphatic heterocycles. The third-order valence-electron chi connectivity index (χ3n) is 4.09. The lowest BCUT2D eigenvalue weighted by Gasteiger charge is -2.16. The van der Waals surface area contributed by atoms with Gasteiger partial charge in [0.2, 0.25) is 11.7 Å². The maximum absolute atomic E-state index is 12.9. The average Bonchev–Trinajstić information content (AvgIpc) is 2.72. The van der Waals surface area contributed by atoms with Crippen LogP contribution in [0.1, 0.15) is 23.7 Å². The van der Waals surface area contributed by atoms with Gasteiger partial charge in [0, 0.05) is 11.6 Å². The number of methoxy groups -OCH3 is 4. The highest BCUT2D eigenvalue weighted by Crippen LogP contribution is 2.38. The van der Waals surface area contributed by atoms with E-state index < -0.39 is 11.8 Å². The van der Waals surface area contributed by atoms with Crippen LogP contribution < -0.4 is 29.6 Å². The van der Waals surface area contributed by atoms with Gasteiger partial charge in [-0.05, 0) is 31.2 Å². The zero-order valence-corrected chi connectivity index (χ0v) is 17.5. The molecule has 0 radical (unpaired) electrons. The summed E-state index contributed by atoms with van der Waals surface area (Å²) in [6, 6.07) is 7.77. The van der Waals surface area contributed by atoms with Gasteiger partial charge in [-0.15, -0.1) is 0 Å². The van der Waals surface area contributed by atoms with E-state index in [1.54, 1.807) is 18.2 Å². The van der Waals surface area contributed by atoms with Gasteiger partial charge in [-0.1, -0.05) is 0 Å². The first kappa shape index (κ1) is 22.5. The predicted octanol–water partition coefficient (Wildman–Crippen LogP) is 2.89. The zero-order valence-electron chi connectivity index (χ0n) is 17.5. The van der Waals surface area contributed by atoms with Crippen LogP contribution in [-0.4, -0.2) is 46.0 Å². The van der Waals surface area contributed by atoms with E-state index in [4.69, 9.17) is 18.9 Å². The summed E-state index contributed by atoms with van der Waals surface area (Å²) >= 11 is 0. The smallest absolute Gasteiger partial charge is 0.255 e. The van der Waals surface area contributed by atoms with Gasteiger partial charge >= 0.3 is 0 Å². The van der Waals surface area contributed by atoms with Crippen molar-refractivity contribution in [1.82, 2.24) is 0 Å². The molecule has 2 rings (SSSR count). The molecule has 2 aromatic rings. The minimum absolute atomic E-state index is 0.251. The van der Waals surface area contributed by atoms with Gasteiger partial charge in [-0.2, -0.15) is 0 Å². The van der Waals surface area contributed by atoms with Gasteiger partial charge in [-0.25, -0.2) is 0 Å². The average molecular weight is 416 g/mol. The lowest BCUT2D eigenvalue weighted by molar-refractivity contribution is -0.124. The molecule has 0 spiro atoms. The Hall–Kier alpha value is -3.75. The number of carbonyl (C=O) groups is 3. The van der Waals surface area contributed by atoms with Gasteiger partial charge in [0.05, 0.1) is 46.2 Å². The summed E-state index contributed by atoms with van der Waals surface area (Å²) in [5, 5.41) is 5.34. The van der Waals surface area contributed by atoms with E-state index in [-0.39, 0.29) is 17.8 Å². The van der Waals surface area contributed by atoms with Crippen molar-refractivity contribution in [3.05, 3.63) is 35.9 Å². The maximum Gasteiger partial charge on any atom is 0.255 e. The number of hydrogen-bond donors (Lipinski definition) is 2. The first-order valence-electron chi connectivity index (χ1n) is 8.91. The molecular formula is C21H24N2O7. The van der Waals surface area contributed by atoms with Gasteiger partial charge in [0.25, 0.3) is 5.91 Å². The Labute approximate surface area is 174 Å². The summed E-state index contributed by atoms with van der Waals surface area (Å²) in [6.07, 6.45) is -0.280. The number of anilines is 2. The van der Waals surface area contributed by atoms with Crippen LogP contribution in [0.25, 0.3) is 0 Å². The number of amides is 2. The normalized spacial score (nSPS) is 10.0. The summed E-state index contributed by atoms with van der Waals surface area (Å²) in [4.78, 5) is 36.1. The Balaban J connectivity index is 2.36. The second-order valence-electron chi connectivity index (χ2n) is 6.21. The molecule has 2 amide bonds. The van der Waals surface area contributed by atoms with Crippen LogP contribution in [0.5, 0.6) is 23.0 Å². The number of rotatable bonds is 9. The molecule has 2 aromatic carbocycles. The van der Waals surface area contributed by atoms with E-state index in [0.29, 0.717) is 34.4 Å². The number of benzene rings is 2. The highest BCUT2D eigenvalue weighted by atomic mass is 16.5. The fourth-order valence-electron chi connectivity index (χ4n) is 2.69. The van der Waals surface area contributed by atoms with Crippen LogP contribution in [0.3, 0.4) is 0 Å². The monoisotopic (exact) mass is 416 g/mol. The second kappa shape index (κ2) is 10.1. The lowest BCUT2D eigenvalue weighted by Crippen LogP contribution is -2.18. The first-order chi connectivity index (χ1) is 14.3. The van der Waals surface area contributed by atoms with Crippen molar-refractivity contribution in [2.24, 2.45) is 0 Å². The van der Waals surface area contributed by atoms with Gasteiger partial charge < -0.3 is 29.6 Å². The summed E-state index contributed by atoms with van der Waals surface area (Å²) in [6.45, 7) is 1.32. The molecule has 0 heterocycles. The minimum atomic E-state index is -0.501. The summed E-state index contributed by atoms with van der Waals surface area (Å²) in [5.41, 5.74) is 0.870. The van der Waals surface area contributed by atoms with Crippen LogP contribution in [0.15, 0.2) is 30.3 Å². The summed E-state index contributed by atoms with van der Waals surface area (Å²) < 4.78 is 21.0. The fourth-order valence-corrected chi connectivity index (χ4v) is 2.69. The molecule has 9 heteroatoms. The van der Waals surface area contributed by atoms with Crippen molar-refractivity contribution in [1.29, 1.82) is 0 Å². The molecule has 0 aliphatic rings. The fraction of sp³-hybridized carbons (Fsp3) is 0.286. The predicted molar refractivity (Wildman–Crippen MR) is 111 cm³/mol. The molecule has 30 heavy (non-hydrogen) atoms. The topological polar surface area (TPSA) is 112 Å². The van der Waals surface area contributed by atoms with E-state index >= 15 is 0 Å². The molecular weight excluding hydrogens is 392 g/mol. The Morgan fingerprint density at radius 1 is 0.800 bits per heavy atom. The third-order valence-corrected chi connectivity index (χ3v) is 4.09. The van der Waals surface area contributed by atoms with Gasteiger partial charge in [-0.3, -0.25) is 14.4 Å². The molecule has 0 saturated heterocycles. The number of ketones is 1. The standard InChI is InChI=1S/C21H24N2O7/c1-12(24)8-19(25)22-16-11-14(27-2)6-7-15(16)23-21(26)13-9-17(28-3)20(30-5)18(10-13)29-4/h6-7,9-11H,8H2,1-5H3,(H,22,25)(H,23,26). The Kier molecular flexibility index (Phi) is 7.62. The van der Waals surface area contributed by atoms with Crippen molar-refractivity contribution in [3.8, 4) is 23.0 Å². The van der Waals surface area contributed by atoms with Crippen LogP contribution in [-0.2, 0) is 9.59 Å². The van der Waals surface area contributed by atoms with Crippen molar-refractivity contribution in [2.75, 3.05) is 39.1 Å². The van der Waals surface area contributed by atoms with Gasteiger partial charge in [0.1, 0.15) is 11.5 Å². The number of carbonyl (C=O) groups excluding carboxylic acids is 3. The highest BCUT2D eigenvalue weighted by molar-refractivity contribution is 6.09. The molecule has 9 nitrogen and oxygen atoms in total. The van der Waals surface area contributed by atoms with E-state index in [9.17, 15) is 14.4 Å². The Morgan fingerprint density at radius 3 is 1.93 bits per heavy atom. The van der Waals surface area contributed by atoms with Crippen LogP contribution in [0.2, 0.25) is 0 Å². The molecule has 0 bridgehead atoms. The summed E-state index contributed by atoms with van der Waals surface area (Å²) in [5.74, 6) is 0.231. The molecule has 0 saturated carbocycles. The van der Waals surface area contributed by atoms with E-state index in [2.05, 4.69) is 10.6 Å². The van der Waals surface area contributed by atoms with Crippen LogP contribution in [0.4, 0.5) is 11.4 Å². The first-order valence-corrected chi connectivity index (χ1v) is 8.91. The number of nitrogens with one attached hydrogen (secondary N) is 2. The third kappa shape index (κ3) is 5.40. The Bertz CT molecular complexity index is 931. The number of hydrogen-bond acceptors (Lipinski definition) is 7. The van der Waals surface area contributed by atoms with E-state index in [1.165, 1.54) is 47.5 Å². The highest BCUT2D eigenvalue weighted by Gasteiger charge is 2.19. The zero-order chi connectivity index (χ0) is 22.3. The van der Waals surface area contributed by atoms with E-state index in [1.807, 2.05) is 0 Å². The van der Waals surface area contributed by atoms with Crippen molar-refractivity contribution in [2.45, 2.75) is 13.3 Å². The molecule has 0 aliphatic carbocycles. The molecule has 0 unspecified atom stereocenters. The summed E-state index contributed by atoms with van der Waals surface area (Å²) in [7, 11) is 5.84. The molecule has 2 N–H and O–H groups in total. The number of ether oxygens (including phenoxy) is 4. The van der Waals surface area contributed by atoms with Gasteiger partial charge in [0.15, 0.2) is 11.5 Å². The maximum atomic E-state index is 12.9. The number of Topliss-reactive ketones (excluding diaryl/α,β-unsaturated/α-hetero) is 1.